The molecule has 0 spiro atoms. The first-order valence-electron chi connectivity index (χ1n) is 5.93. The van der Waals surface area contributed by atoms with Crippen molar-refractivity contribution >= 4 is 5.91 Å². The Labute approximate surface area is 97.8 Å². The number of hydrogen-bond acceptors (Lipinski definition) is 1. The van der Waals surface area contributed by atoms with Gasteiger partial charge in [-0.15, -0.1) is 0 Å². The third-order valence-electron chi connectivity index (χ3n) is 2.85. The number of aryl methyl sites for hydroxylation is 1. The fourth-order valence-corrected chi connectivity index (χ4v) is 1.64. The molecule has 1 amide bonds. The molecular formula is C13H22N2O. The molecule has 0 aliphatic heterocycles. The number of carbonyl (C=O) groups excluding carboxylic acids is 1. The van der Waals surface area contributed by atoms with E-state index in [1.54, 1.807) is 0 Å². The minimum absolute atomic E-state index is 0.0272. The van der Waals surface area contributed by atoms with Gasteiger partial charge in [-0.2, -0.15) is 0 Å². The van der Waals surface area contributed by atoms with Crippen LogP contribution in [-0.2, 0) is 7.05 Å². The molecule has 0 saturated carbocycles. The summed E-state index contributed by atoms with van der Waals surface area (Å²) in [4.78, 5) is 11.8. The maximum absolute atomic E-state index is 11.8. The summed E-state index contributed by atoms with van der Waals surface area (Å²) in [5, 5.41) is 2.95. The van der Waals surface area contributed by atoms with E-state index in [0.29, 0.717) is 5.92 Å². The van der Waals surface area contributed by atoms with E-state index in [-0.39, 0.29) is 5.91 Å². The van der Waals surface area contributed by atoms with Gasteiger partial charge >= 0.3 is 0 Å². The molecule has 0 atom stereocenters. The highest BCUT2D eigenvalue weighted by Crippen LogP contribution is 2.06. The van der Waals surface area contributed by atoms with Gasteiger partial charge < -0.3 is 9.88 Å². The molecule has 16 heavy (non-hydrogen) atoms. The van der Waals surface area contributed by atoms with Crippen LogP contribution in [0.15, 0.2) is 12.1 Å². The smallest absolute Gasteiger partial charge is 0.267 e. The molecule has 0 aliphatic rings. The Morgan fingerprint density at radius 3 is 2.62 bits per heavy atom. The number of amides is 1. The van der Waals surface area contributed by atoms with E-state index < -0.39 is 0 Å². The van der Waals surface area contributed by atoms with Gasteiger partial charge in [0.2, 0.25) is 0 Å². The first-order chi connectivity index (χ1) is 7.52. The van der Waals surface area contributed by atoms with Crippen molar-refractivity contribution in [2.75, 3.05) is 6.54 Å². The van der Waals surface area contributed by atoms with Crippen molar-refractivity contribution in [2.45, 2.75) is 33.6 Å². The average molecular weight is 222 g/mol. The van der Waals surface area contributed by atoms with Gasteiger partial charge in [-0.05, 0) is 37.8 Å². The first kappa shape index (κ1) is 12.8. The summed E-state index contributed by atoms with van der Waals surface area (Å²) in [5.41, 5.74) is 1.84. The summed E-state index contributed by atoms with van der Waals surface area (Å²) in [6.07, 6.45) is 2.21. The van der Waals surface area contributed by atoms with Crippen LogP contribution in [0.4, 0.5) is 0 Å². The van der Waals surface area contributed by atoms with Crippen LogP contribution >= 0.6 is 0 Å². The Balaban J connectivity index is 2.39. The van der Waals surface area contributed by atoms with E-state index in [0.717, 1.165) is 30.8 Å². The van der Waals surface area contributed by atoms with Gasteiger partial charge in [-0.1, -0.05) is 13.8 Å². The van der Waals surface area contributed by atoms with E-state index in [1.807, 2.05) is 30.7 Å². The average Bonchev–Trinajstić information content (AvgIpc) is 2.54. The Morgan fingerprint density at radius 1 is 1.44 bits per heavy atom. The molecule has 90 valence electrons. The van der Waals surface area contributed by atoms with Crippen LogP contribution in [0.5, 0.6) is 0 Å². The lowest BCUT2D eigenvalue weighted by Gasteiger charge is -2.08. The zero-order valence-electron chi connectivity index (χ0n) is 10.7. The summed E-state index contributed by atoms with van der Waals surface area (Å²) in [5.74, 6) is 0.730. The topological polar surface area (TPSA) is 34.0 Å². The molecular weight excluding hydrogens is 200 g/mol. The number of carbonyl (C=O) groups is 1. The van der Waals surface area contributed by atoms with Crippen LogP contribution < -0.4 is 5.32 Å². The van der Waals surface area contributed by atoms with Crippen molar-refractivity contribution in [3.05, 3.63) is 23.5 Å². The van der Waals surface area contributed by atoms with E-state index in [1.165, 1.54) is 0 Å². The van der Waals surface area contributed by atoms with Crippen molar-refractivity contribution in [1.82, 2.24) is 9.88 Å². The Kier molecular flexibility index (Phi) is 4.59. The number of hydrogen-bond donors (Lipinski definition) is 1. The monoisotopic (exact) mass is 222 g/mol. The minimum atomic E-state index is 0.0272. The van der Waals surface area contributed by atoms with Crippen molar-refractivity contribution < 1.29 is 4.79 Å². The molecule has 0 aliphatic carbocycles. The molecule has 1 aromatic heterocycles. The van der Waals surface area contributed by atoms with Crippen LogP contribution in [0, 0.1) is 12.8 Å². The fourth-order valence-electron chi connectivity index (χ4n) is 1.64. The predicted molar refractivity (Wildman–Crippen MR) is 66.6 cm³/mol. The van der Waals surface area contributed by atoms with E-state index in [4.69, 9.17) is 0 Å². The molecule has 1 aromatic rings. The molecule has 1 rings (SSSR count). The largest absolute Gasteiger partial charge is 0.351 e. The van der Waals surface area contributed by atoms with Crippen molar-refractivity contribution in [3.8, 4) is 0 Å². The molecule has 3 nitrogen and oxygen atoms in total. The highest BCUT2D eigenvalue weighted by molar-refractivity contribution is 5.92. The molecule has 1 heterocycles. The maximum Gasteiger partial charge on any atom is 0.267 e. The predicted octanol–water partition coefficient (Wildman–Crippen LogP) is 2.50. The standard InChI is InChI=1S/C13H22N2O/c1-10(2)6-5-9-14-13(16)12-8-7-11(3)15(12)4/h7-8,10H,5-6,9H2,1-4H3,(H,14,16). The minimum Gasteiger partial charge on any atom is -0.351 e. The summed E-state index contributed by atoms with van der Waals surface area (Å²) < 4.78 is 1.91. The van der Waals surface area contributed by atoms with Crippen molar-refractivity contribution in [2.24, 2.45) is 13.0 Å². The zero-order valence-corrected chi connectivity index (χ0v) is 10.7. The van der Waals surface area contributed by atoms with E-state index in [2.05, 4.69) is 19.2 Å². The van der Waals surface area contributed by atoms with Gasteiger partial charge in [0.05, 0.1) is 0 Å². The van der Waals surface area contributed by atoms with Crippen LogP contribution in [0.3, 0.4) is 0 Å². The second-order valence-electron chi connectivity index (χ2n) is 4.71. The van der Waals surface area contributed by atoms with Gasteiger partial charge in [0.25, 0.3) is 5.91 Å². The van der Waals surface area contributed by atoms with Crippen molar-refractivity contribution in [1.29, 1.82) is 0 Å². The molecule has 0 fully saturated rings. The fraction of sp³-hybridized carbons (Fsp3) is 0.615. The second kappa shape index (κ2) is 5.73. The van der Waals surface area contributed by atoms with Crippen LogP contribution in [0.25, 0.3) is 0 Å². The summed E-state index contributed by atoms with van der Waals surface area (Å²) in [7, 11) is 1.92. The molecule has 0 bridgehead atoms. The van der Waals surface area contributed by atoms with Gasteiger partial charge in [0.1, 0.15) is 5.69 Å². The Bertz CT molecular complexity index is 353. The first-order valence-corrected chi connectivity index (χ1v) is 5.93. The van der Waals surface area contributed by atoms with E-state index in [9.17, 15) is 4.79 Å². The Morgan fingerprint density at radius 2 is 2.12 bits per heavy atom. The normalized spacial score (nSPS) is 10.8. The number of nitrogens with zero attached hydrogens (tertiary/aromatic N) is 1. The van der Waals surface area contributed by atoms with Gasteiger partial charge in [0, 0.05) is 19.3 Å². The lowest BCUT2D eigenvalue weighted by molar-refractivity contribution is 0.0944. The molecule has 0 radical (unpaired) electrons. The summed E-state index contributed by atoms with van der Waals surface area (Å²) >= 11 is 0. The third kappa shape index (κ3) is 3.40. The summed E-state index contributed by atoms with van der Waals surface area (Å²) in [6, 6.07) is 3.83. The van der Waals surface area contributed by atoms with Crippen LogP contribution in [-0.4, -0.2) is 17.0 Å². The SMILES string of the molecule is Cc1ccc(C(=O)NCCCC(C)C)n1C. The molecule has 0 saturated heterocycles. The highest BCUT2D eigenvalue weighted by Gasteiger charge is 2.09. The van der Waals surface area contributed by atoms with Crippen LogP contribution in [0.2, 0.25) is 0 Å². The third-order valence-corrected chi connectivity index (χ3v) is 2.85. The van der Waals surface area contributed by atoms with Gasteiger partial charge in [0.15, 0.2) is 0 Å². The Hall–Kier alpha value is -1.25. The van der Waals surface area contributed by atoms with Crippen LogP contribution in [0.1, 0.15) is 42.9 Å². The quantitative estimate of drug-likeness (QED) is 0.763. The highest BCUT2D eigenvalue weighted by atomic mass is 16.1. The molecule has 0 unspecified atom stereocenters. The lowest BCUT2D eigenvalue weighted by atomic mass is 10.1. The van der Waals surface area contributed by atoms with Gasteiger partial charge in [-0.25, -0.2) is 0 Å². The van der Waals surface area contributed by atoms with Gasteiger partial charge in [-0.3, -0.25) is 4.79 Å². The maximum atomic E-state index is 11.8. The number of aromatic nitrogens is 1. The molecule has 3 heteroatoms. The van der Waals surface area contributed by atoms with E-state index >= 15 is 0 Å². The molecule has 1 N–H and O–H groups in total. The number of rotatable bonds is 5. The second-order valence-corrected chi connectivity index (χ2v) is 4.71. The van der Waals surface area contributed by atoms with Crippen molar-refractivity contribution in [3.63, 3.8) is 0 Å². The lowest BCUT2D eigenvalue weighted by Crippen LogP contribution is -2.26. The number of nitrogens with one attached hydrogen (secondary N) is 1. The zero-order chi connectivity index (χ0) is 12.1. The summed E-state index contributed by atoms with van der Waals surface area (Å²) in [6.45, 7) is 7.15. The molecule has 0 aromatic carbocycles.